The molecule has 0 aliphatic rings. The van der Waals surface area contributed by atoms with Crippen molar-refractivity contribution in [1.29, 1.82) is 0 Å². The van der Waals surface area contributed by atoms with E-state index in [-0.39, 0.29) is 5.78 Å². The second kappa shape index (κ2) is 5.84. The fourth-order valence-corrected chi connectivity index (χ4v) is 2.45. The van der Waals surface area contributed by atoms with Crippen LogP contribution in [0.25, 0.3) is 0 Å². The number of ketones is 1. The van der Waals surface area contributed by atoms with Gasteiger partial charge in [-0.3, -0.25) is 4.79 Å². The molecule has 4 nitrogen and oxygen atoms in total. The zero-order valence-corrected chi connectivity index (χ0v) is 12.0. The fourth-order valence-electron chi connectivity index (χ4n) is 1.68. The van der Waals surface area contributed by atoms with Crippen LogP contribution in [-0.4, -0.2) is 24.9 Å². The zero-order valence-electron chi connectivity index (χ0n) is 11.2. The Morgan fingerprint density at radius 2 is 2.05 bits per heavy atom. The summed E-state index contributed by atoms with van der Waals surface area (Å²) in [4.78, 5) is 18.2. The summed E-state index contributed by atoms with van der Waals surface area (Å²) in [7, 11) is 3.62. The normalized spacial score (nSPS) is 10.3. The Labute approximate surface area is 116 Å². The number of carbonyl (C=O) groups excluding carboxylic acids is 1. The Kier molecular flexibility index (Phi) is 4.16. The molecule has 5 heteroatoms. The molecule has 1 heterocycles. The van der Waals surface area contributed by atoms with Crippen molar-refractivity contribution in [2.24, 2.45) is 0 Å². The molecular formula is C14H16N2O2S. The fraction of sp³-hybridized carbons (Fsp3) is 0.286. The van der Waals surface area contributed by atoms with Gasteiger partial charge in [0.2, 0.25) is 0 Å². The van der Waals surface area contributed by atoms with E-state index in [4.69, 9.17) is 4.74 Å². The molecule has 0 aliphatic carbocycles. The van der Waals surface area contributed by atoms with Gasteiger partial charge in [0.15, 0.2) is 10.9 Å². The number of rotatable bonds is 5. The summed E-state index contributed by atoms with van der Waals surface area (Å²) in [6.45, 7) is 2.30. The van der Waals surface area contributed by atoms with Crippen molar-refractivity contribution in [2.45, 2.75) is 13.5 Å². The number of anilines is 1. The molecule has 0 atom stereocenters. The third-order valence-corrected chi connectivity index (χ3v) is 3.96. The number of nitrogens with zero attached hydrogens (tertiary/aromatic N) is 2. The lowest BCUT2D eigenvalue weighted by Gasteiger charge is -2.15. The van der Waals surface area contributed by atoms with Gasteiger partial charge in [0.25, 0.3) is 0 Å². The summed E-state index contributed by atoms with van der Waals surface area (Å²) < 4.78 is 5.13. The standard InChI is InChI=1S/C14H16N2O2S/c1-10(17)13-8-15-14(19-13)16(2)9-11-4-6-12(18-3)7-5-11/h4-8H,9H2,1-3H3. The molecule has 0 spiro atoms. The number of benzene rings is 1. The molecule has 2 aromatic rings. The zero-order chi connectivity index (χ0) is 13.8. The maximum absolute atomic E-state index is 11.2. The van der Waals surface area contributed by atoms with E-state index in [0.29, 0.717) is 4.88 Å². The number of Topliss-reactive ketones (excluding diaryl/α,β-unsaturated/α-hetero) is 1. The van der Waals surface area contributed by atoms with Gasteiger partial charge in [0, 0.05) is 20.5 Å². The average Bonchev–Trinajstić information content (AvgIpc) is 2.89. The summed E-state index contributed by atoms with van der Waals surface area (Å²) in [5.74, 6) is 0.904. The highest BCUT2D eigenvalue weighted by molar-refractivity contribution is 7.17. The number of ether oxygens (including phenoxy) is 1. The van der Waals surface area contributed by atoms with Crippen LogP contribution in [0.1, 0.15) is 22.2 Å². The maximum atomic E-state index is 11.2. The van der Waals surface area contributed by atoms with Crippen LogP contribution < -0.4 is 9.64 Å². The lowest BCUT2D eigenvalue weighted by atomic mass is 10.2. The summed E-state index contributed by atoms with van der Waals surface area (Å²) in [5.41, 5.74) is 1.17. The number of carbonyl (C=O) groups is 1. The van der Waals surface area contributed by atoms with E-state index in [0.717, 1.165) is 17.4 Å². The molecule has 0 aliphatic heterocycles. The van der Waals surface area contributed by atoms with E-state index in [2.05, 4.69) is 4.98 Å². The van der Waals surface area contributed by atoms with E-state index in [1.54, 1.807) is 20.2 Å². The lowest BCUT2D eigenvalue weighted by Crippen LogP contribution is -2.15. The summed E-state index contributed by atoms with van der Waals surface area (Å²) in [6, 6.07) is 7.92. The first kappa shape index (κ1) is 13.5. The first-order valence-corrected chi connectivity index (χ1v) is 6.72. The SMILES string of the molecule is COc1ccc(CN(C)c2ncc(C(C)=O)s2)cc1. The van der Waals surface area contributed by atoms with Crippen LogP contribution in [0, 0.1) is 0 Å². The number of methoxy groups -OCH3 is 1. The molecule has 0 N–H and O–H groups in total. The van der Waals surface area contributed by atoms with E-state index in [1.165, 1.54) is 16.9 Å². The third kappa shape index (κ3) is 3.32. The smallest absolute Gasteiger partial charge is 0.185 e. The third-order valence-electron chi connectivity index (χ3n) is 2.75. The van der Waals surface area contributed by atoms with Crippen LogP contribution in [0.15, 0.2) is 30.5 Å². The number of hydrogen-bond acceptors (Lipinski definition) is 5. The van der Waals surface area contributed by atoms with Gasteiger partial charge >= 0.3 is 0 Å². The highest BCUT2D eigenvalue weighted by atomic mass is 32.1. The molecule has 1 aromatic carbocycles. The minimum atomic E-state index is 0.0570. The van der Waals surface area contributed by atoms with Crippen LogP contribution in [-0.2, 0) is 6.54 Å². The minimum Gasteiger partial charge on any atom is -0.497 e. The molecule has 19 heavy (non-hydrogen) atoms. The molecule has 100 valence electrons. The van der Waals surface area contributed by atoms with Crippen LogP contribution in [0.2, 0.25) is 0 Å². The van der Waals surface area contributed by atoms with Crippen LogP contribution >= 0.6 is 11.3 Å². The summed E-state index contributed by atoms with van der Waals surface area (Å²) in [6.07, 6.45) is 1.63. The first-order chi connectivity index (χ1) is 9.10. The van der Waals surface area contributed by atoms with Gasteiger partial charge in [-0.15, -0.1) is 0 Å². The second-order valence-electron chi connectivity index (χ2n) is 4.27. The predicted octanol–water partition coefficient (Wildman–Crippen LogP) is 2.99. The molecule has 0 unspecified atom stereocenters. The average molecular weight is 276 g/mol. The highest BCUT2D eigenvalue weighted by Gasteiger charge is 2.10. The van der Waals surface area contributed by atoms with Crippen molar-refractivity contribution in [3.8, 4) is 5.75 Å². The van der Waals surface area contributed by atoms with Crippen molar-refractivity contribution < 1.29 is 9.53 Å². The van der Waals surface area contributed by atoms with Crippen molar-refractivity contribution >= 4 is 22.3 Å². The molecule has 0 saturated carbocycles. The quantitative estimate of drug-likeness (QED) is 0.787. The van der Waals surface area contributed by atoms with Crippen molar-refractivity contribution in [3.05, 3.63) is 40.9 Å². The van der Waals surface area contributed by atoms with E-state index >= 15 is 0 Å². The van der Waals surface area contributed by atoms with Crippen LogP contribution in [0.3, 0.4) is 0 Å². The molecule has 0 saturated heterocycles. The van der Waals surface area contributed by atoms with Crippen LogP contribution in [0.5, 0.6) is 5.75 Å². The first-order valence-electron chi connectivity index (χ1n) is 5.91. The van der Waals surface area contributed by atoms with E-state index in [1.807, 2.05) is 36.2 Å². The Balaban J connectivity index is 2.06. The molecule has 0 fully saturated rings. The Morgan fingerprint density at radius 3 is 2.58 bits per heavy atom. The van der Waals surface area contributed by atoms with Crippen molar-refractivity contribution in [3.63, 3.8) is 0 Å². The Hall–Kier alpha value is -1.88. The van der Waals surface area contributed by atoms with Gasteiger partial charge in [-0.1, -0.05) is 23.5 Å². The van der Waals surface area contributed by atoms with E-state index in [9.17, 15) is 4.79 Å². The predicted molar refractivity (Wildman–Crippen MR) is 77.2 cm³/mol. The van der Waals surface area contributed by atoms with Crippen molar-refractivity contribution in [2.75, 3.05) is 19.1 Å². The largest absolute Gasteiger partial charge is 0.497 e. The van der Waals surface area contributed by atoms with Gasteiger partial charge in [0.1, 0.15) is 5.75 Å². The molecular weight excluding hydrogens is 260 g/mol. The molecule has 0 radical (unpaired) electrons. The maximum Gasteiger partial charge on any atom is 0.185 e. The number of aromatic nitrogens is 1. The monoisotopic (exact) mass is 276 g/mol. The van der Waals surface area contributed by atoms with Gasteiger partial charge in [-0.05, 0) is 17.7 Å². The topological polar surface area (TPSA) is 42.4 Å². The van der Waals surface area contributed by atoms with Gasteiger partial charge in [-0.2, -0.15) is 0 Å². The molecule has 0 amide bonds. The lowest BCUT2D eigenvalue weighted by molar-refractivity contribution is 0.102. The summed E-state index contributed by atoms with van der Waals surface area (Å²) in [5, 5.41) is 0.848. The number of thiazole rings is 1. The molecule has 2 rings (SSSR count). The summed E-state index contributed by atoms with van der Waals surface area (Å²) >= 11 is 1.42. The van der Waals surface area contributed by atoms with Gasteiger partial charge < -0.3 is 9.64 Å². The van der Waals surface area contributed by atoms with Crippen molar-refractivity contribution in [1.82, 2.24) is 4.98 Å². The highest BCUT2D eigenvalue weighted by Crippen LogP contribution is 2.23. The van der Waals surface area contributed by atoms with Gasteiger partial charge in [-0.25, -0.2) is 4.98 Å². The van der Waals surface area contributed by atoms with Crippen LogP contribution in [0.4, 0.5) is 5.13 Å². The Bertz CT molecular complexity index is 563. The molecule has 0 bridgehead atoms. The minimum absolute atomic E-state index is 0.0570. The van der Waals surface area contributed by atoms with Gasteiger partial charge in [0.05, 0.1) is 18.2 Å². The molecule has 1 aromatic heterocycles. The Morgan fingerprint density at radius 1 is 1.37 bits per heavy atom. The van der Waals surface area contributed by atoms with E-state index < -0.39 is 0 Å². The second-order valence-corrected chi connectivity index (χ2v) is 5.28. The number of hydrogen-bond donors (Lipinski definition) is 0.